The predicted molar refractivity (Wildman–Crippen MR) is 115 cm³/mol. The van der Waals surface area contributed by atoms with Crippen molar-refractivity contribution in [1.29, 1.82) is 0 Å². The molecule has 0 bridgehead atoms. The van der Waals surface area contributed by atoms with Gasteiger partial charge in [-0.25, -0.2) is 0 Å². The lowest BCUT2D eigenvalue weighted by Gasteiger charge is -2.28. The summed E-state index contributed by atoms with van der Waals surface area (Å²) in [6.07, 6.45) is 0. The second-order valence-corrected chi connectivity index (χ2v) is 6.58. The molecule has 3 aromatic carbocycles. The summed E-state index contributed by atoms with van der Waals surface area (Å²) in [6, 6.07) is 26.5. The highest BCUT2D eigenvalue weighted by Gasteiger charge is 2.23. The third-order valence-electron chi connectivity index (χ3n) is 4.60. The minimum absolute atomic E-state index is 0.0859. The van der Waals surface area contributed by atoms with Gasteiger partial charge in [0, 0.05) is 12.6 Å². The van der Waals surface area contributed by atoms with Crippen molar-refractivity contribution >= 4 is 23.2 Å². The van der Waals surface area contributed by atoms with E-state index >= 15 is 0 Å². The SMILES string of the molecule is COc1ccccc1N(CC(=O)N(Cc1ccccc1)c1ccccc1)C(C)=O. The van der Waals surface area contributed by atoms with Crippen molar-refractivity contribution in [2.24, 2.45) is 0 Å². The Balaban J connectivity index is 1.91. The molecule has 0 unspecified atom stereocenters. The first-order chi connectivity index (χ1) is 14.1. The summed E-state index contributed by atoms with van der Waals surface area (Å²) in [4.78, 5) is 28.8. The monoisotopic (exact) mass is 388 g/mol. The van der Waals surface area contributed by atoms with Gasteiger partial charge >= 0.3 is 0 Å². The van der Waals surface area contributed by atoms with Crippen LogP contribution in [0.15, 0.2) is 84.9 Å². The van der Waals surface area contributed by atoms with E-state index in [2.05, 4.69) is 0 Å². The van der Waals surface area contributed by atoms with Crippen LogP contribution in [-0.4, -0.2) is 25.5 Å². The largest absolute Gasteiger partial charge is 0.495 e. The number of amides is 2. The molecule has 0 aliphatic rings. The fraction of sp³-hybridized carbons (Fsp3) is 0.167. The van der Waals surface area contributed by atoms with E-state index < -0.39 is 0 Å². The van der Waals surface area contributed by atoms with E-state index in [0.717, 1.165) is 11.3 Å². The van der Waals surface area contributed by atoms with Gasteiger partial charge in [0.15, 0.2) is 0 Å². The van der Waals surface area contributed by atoms with Gasteiger partial charge in [-0.3, -0.25) is 14.5 Å². The number of carbonyl (C=O) groups excluding carboxylic acids is 2. The lowest BCUT2D eigenvalue weighted by molar-refractivity contribution is -0.121. The zero-order chi connectivity index (χ0) is 20.6. The van der Waals surface area contributed by atoms with E-state index in [0.29, 0.717) is 18.0 Å². The maximum atomic E-state index is 13.3. The van der Waals surface area contributed by atoms with Crippen molar-refractivity contribution in [3.8, 4) is 5.75 Å². The third kappa shape index (κ3) is 5.02. The van der Waals surface area contributed by atoms with E-state index in [9.17, 15) is 9.59 Å². The fourth-order valence-corrected chi connectivity index (χ4v) is 3.14. The molecule has 0 fully saturated rings. The summed E-state index contributed by atoms with van der Waals surface area (Å²) in [5.74, 6) is 0.140. The molecule has 0 aliphatic heterocycles. The zero-order valence-electron chi connectivity index (χ0n) is 16.6. The molecule has 2 amide bonds. The number of benzene rings is 3. The Morgan fingerprint density at radius 2 is 1.38 bits per heavy atom. The summed E-state index contributed by atoms with van der Waals surface area (Å²) in [5.41, 5.74) is 2.37. The number of hydrogen-bond donors (Lipinski definition) is 0. The molecule has 0 N–H and O–H groups in total. The number of carbonyl (C=O) groups is 2. The number of anilines is 2. The van der Waals surface area contributed by atoms with Gasteiger partial charge in [0.05, 0.1) is 19.3 Å². The highest BCUT2D eigenvalue weighted by molar-refractivity contribution is 6.03. The summed E-state index contributed by atoms with van der Waals surface area (Å²) in [5, 5.41) is 0. The topological polar surface area (TPSA) is 49.9 Å². The summed E-state index contributed by atoms with van der Waals surface area (Å²) in [7, 11) is 1.55. The van der Waals surface area contributed by atoms with Gasteiger partial charge in [0.2, 0.25) is 11.8 Å². The Morgan fingerprint density at radius 3 is 2.00 bits per heavy atom. The van der Waals surface area contributed by atoms with Crippen LogP contribution in [0.3, 0.4) is 0 Å². The Hall–Kier alpha value is -3.60. The first-order valence-corrected chi connectivity index (χ1v) is 9.40. The molecule has 148 valence electrons. The third-order valence-corrected chi connectivity index (χ3v) is 4.60. The molecule has 0 aliphatic carbocycles. The Kier molecular flexibility index (Phi) is 6.63. The predicted octanol–water partition coefficient (Wildman–Crippen LogP) is 4.28. The van der Waals surface area contributed by atoms with E-state index in [1.54, 1.807) is 24.1 Å². The van der Waals surface area contributed by atoms with E-state index in [4.69, 9.17) is 4.74 Å². The van der Waals surface area contributed by atoms with Gasteiger partial charge in [0.1, 0.15) is 12.3 Å². The maximum Gasteiger partial charge on any atom is 0.247 e. The van der Waals surface area contributed by atoms with Gasteiger partial charge in [-0.05, 0) is 29.8 Å². The molecule has 5 nitrogen and oxygen atoms in total. The van der Waals surface area contributed by atoms with Crippen molar-refractivity contribution in [1.82, 2.24) is 0 Å². The van der Waals surface area contributed by atoms with Gasteiger partial charge in [0.25, 0.3) is 0 Å². The van der Waals surface area contributed by atoms with E-state index in [1.165, 1.54) is 11.8 Å². The standard InChI is InChI=1S/C24H24N2O3/c1-19(27)25(22-15-9-10-16-23(22)29-2)18-24(28)26(21-13-7-4-8-14-21)17-20-11-5-3-6-12-20/h3-16H,17-18H2,1-2H3. The summed E-state index contributed by atoms with van der Waals surface area (Å²) < 4.78 is 5.38. The molecule has 0 spiro atoms. The normalized spacial score (nSPS) is 10.3. The molecule has 0 heterocycles. The van der Waals surface area contributed by atoms with Crippen LogP contribution < -0.4 is 14.5 Å². The molecule has 0 saturated carbocycles. The van der Waals surface area contributed by atoms with E-state index in [1.807, 2.05) is 72.8 Å². The highest BCUT2D eigenvalue weighted by atomic mass is 16.5. The Bertz CT molecular complexity index is 958. The van der Waals surface area contributed by atoms with Crippen LogP contribution in [0.1, 0.15) is 12.5 Å². The minimum Gasteiger partial charge on any atom is -0.495 e. The second-order valence-electron chi connectivity index (χ2n) is 6.58. The molecule has 29 heavy (non-hydrogen) atoms. The van der Waals surface area contributed by atoms with Crippen LogP contribution in [0.5, 0.6) is 5.75 Å². The van der Waals surface area contributed by atoms with Crippen molar-refractivity contribution in [2.45, 2.75) is 13.5 Å². The molecule has 0 atom stereocenters. The van der Waals surface area contributed by atoms with Gasteiger partial charge in [-0.2, -0.15) is 0 Å². The minimum atomic E-state index is -0.226. The van der Waals surface area contributed by atoms with Crippen molar-refractivity contribution in [2.75, 3.05) is 23.5 Å². The average Bonchev–Trinajstić information content (AvgIpc) is 2.76. The number of methoxy groups -OCH3 is 1. The summed E-state index contributed by atoms with van der Waals surface area (Å²) >= 11 is 0. The lowest BCUT2D eigenvalue weighted by Crippen LogP contribution is -2.42. The zero-order valence-corrected chi connectivity index (χ0v) is 16.6. The van der Waals surface area contributed by atoms with Crippen LogP contribution in [0.2, 0.25) is 0 Å². The molecular weight excluding hydrogens is 364 g/mol. The highest BCUT2D eigenvalue weighted by Crippen LogP contribution is 2.28. The first kappa shape index (κ1) is 20.1. The van der Waals surface area contributed by atoms with Crippen molar-refractivity contribution in [3.63, 3.8) is 0 Å². The molecular formula is C24H24N2O3. The van der Waals surface area contributed by atoms with Crippen LogP contribution in [-0.2, 0) is 16.1 Å². The van der Waals surface area contributed by atoms with Crippen LogP contribution in [0, 0.1) is 0 Å². The number of rotatable bonds is 7. The quantitative estimate of drug-likeness (QED) is 0.607. The Morgan fingerprint density at radius 1 is 0.793 bits per heavy atom. The van der Waals surface area contributed by atoms with Crippen LogP contribution >= 0.6 is 0 Å². The molecule has 0 saturated heterocycles. The van der Waals surface area contributed by atoms with Crippen molar-refractivity contribution in [3.05, 3.63) is 90.5 Å². The van der Waals surface area contributed by atoms with Crippen LogP contribution in [0.4, 0.5) is 11.4 Å². The second kappa shape index (κ2) is 9.55. The van der Waals surface area contributed by atoms with Gasteiger partial charge in [-0.15, -0.1) is 0 Å². The molecule has 3 rings (SSSR count). The molecule has 5 heteroatoms. The summed E-state index contributed by atoms with van der Waals surface area (Å²) in [6.45, 7) is 1.78. The number of nitrogens with zero attached hydrogens (tertiary/aromatic N) is 2. The maximum absolute atomic E-state index is 13.3. The van der Waals surface area contributed by atoms with E-state index in [-0.39, 0.29) is 18.4 Å². The lowest BCUT2D eigenvalue weighted by atomic mass is 10.2. The average molecular weight is 388 g/mol. The smallest absolute Gasteiger partial charge is 0.247 e. The van der Waals surface area contributed by atoms with Gasteiger partial charge in [-0.1, -0.05) is 60.7 Å². The molecule has 0 aromatic heterocycles. The molecule has 0 radical (unpaired) electrons. The first-order valence-electron chi connectivity index (χ1n) is 9.40. The van der Waals surface area contributed by atoms with Crippen molar-refractivity contribution < 1.29 is 14.3 Å². The van der Waals surface area contributed by atoms with Gasteiger partial charge < -0.3 is 9.64 Å². The number of hydrogen-bond acceptors (Lipinski definition) is 3. The number of para-hydroxylation sites is 3. The fourth-order valence-electron chi connectivity index (χ4n) is 3.14. The van der Waals surface area contributed by atoms with Crippen LogP contribution in [0.25, 0.3) is 0 Å². The Labute approximate surface area is 171 Å². The molecule has 3 aromatic rings. The number of ether oxygens (including phenoxy) is 1.